The van der Waals surface area contributed by atoms with Crippen molar-refractivity contribution in [3.8, 4) is 11.3 Å². The highest BCUT2D eigenvalue weighted by atomic mass is 32.1. The number of nitrogens with one attached hydrogen (secondary N) is 1. The number of hydrogen-bond donors (Lipinski definition) is 1. The Balaban J connectivity index is 1.76. The van der Waals surface area contributed by atoms with Gasteiger partial charge in [0.25, 0.3) is 0 Å². The summed E-state index contributed by atoms with van der Waals surface area (Å²) in [7, 11) is 0. The average molecular weight is 372 g/mol. The van der Waals surface area contributed by atoms with Crippen LogP contribution in [0.1, 0.15) is 40.9 Å². The van der Waals surface area contributed by atoms with E-state index in [9.17, 15) is 4.79 Å². The lowest BCUT2D eigenvalue weighted by Crippen LogP contribution is -2.14. The number of benzene rings is 1. The third-order valence-electron chi connectivity index (χ3n) is 3.81. The average Bonchev–Trinajstić information content (AvgIpc) is 3.15. The molecular formula is C19H21N3OS2. The highest BCUT2D eigenvalue weighted by molar-refractivity contribution is 7.14. The van der Waals surface area contributed by atoms with Crippen LogP contribution in [0.4, 0.5) is 5.13 Å². The molecule has 3 rings (SSSR count). The number of carbonyl (C=O) groups is 1. The molecule has 1 aromatic carbocycles. The molecular weight excluding hydrogens is 350 g/mol. The van der Waals surface area contributed by atoms with Crippen LogP contribution in [0.2, 0.25) is 0 Å². The number of amides is 1. The van der Waals surface area contributed by atoms with Crippen LogP contribution in [0.3, 0.4) is 0 Å². The van der Waals surface area contributed by atoms with Gasteiger partial charge in [0, 0.05) is 15.8 Å². The zero-order valence-electron chi connectivity index (χ0n) is 14.8. The highest BCUT2D eigenvalue weighted by Crippen LogP contribution is 2.29. The van der Waals surface area contributed by atoms with E-state index >= 15 is 0 Å². The molecule has 25 heavy (non-hydrogen) atoms. The van der Waals surface area contributed by atoms with Crippen LogP contribution in [0, 0.1) is 13.8 Å². The van der Waals surface area contributed by atoms with E-state index in [4.69, 9.17) is 0 Å². The highest BCUT2D eigenvalue weighted by Gasteiger charge is 2.16. The molecule has 0 atom stereocenters. The Morgan fingerprint density at radius 1 is 1.16 bits per heavy atom. The van der Waals surface area contributed by atoms with Crippen molar-refractivity contribution >= 4 is 33.7 Å². The number of hydrogen-bond acceptors (Lipinski definition) is 5. The van der Waals surface area contributed by atoms with Crippen LogP contribution >= 0.6 is 22.7 Å². The van der Waals surface area contributed by atoms with Crippen molar-refractivity contribution < 1.29 is 4.79 Å². The minimum atomic E-state index is -0.0540. The van der Waals surface area contributed by atoms with Crippen molar-refractivity contribution in [1.82, 2.24) is 9.97 Å². The summed E-state index contributed by atoms with van der Waals surface area (Å²) in [6.07, 6.45) is 0.311. The molecule has 2 aromatic heterocycles. The molecule has 0 radical (unpaired) electrons. The molecule has 6 heteroatoms. The predicted octanol–water partition coefficient (Wildman–Crippen LogP) is 5.19. The van der Waals surface area contributed by atoms with E-state index in [0.717, 1.165) is 26.8 Å². The normalized spacial score (nSPS) is 11.1. The Labute approximate surface area is 156 Å². The van der Waals surface area contributed by atoms with E-state index in [1.165, 1.54) is 16.9 Å². The van der Waals surface area contributed by atoms with Gasteiger partial charge in [-0.25, -0.2) is 9.97 Å². The Kier molecular flexibility index (Phi) is 5.30. The van der Waals surface area contributed by atoms with Crippen LogP contribution in [0.15, 0.2) is 29.6 Å². The molecule has 1 N–H and O–H groups in total. The molecule has 0 bridgehead atoms. The first-order valence-electron chi connectivity index (χ1n) is 8.21. The second-order valence-electron chi connectivity index (χ2n) is 6.33. The number of carbonyl (C=O) groups excluding carboxylic acids is 1. The summed E-state index contributed by atoms with van der Waals surface area (Å²) < 4.78 is 0. The lowest BCUT2D eigenvalue weighted by Gasteiger charge is -2.04. The summed E-state index contributed by atoms with van der Waals surface area (Å²) in [6, 6.07) is 8.25. The zero-order valence-corrected chi connectivity index (χ0v) is 16.4. The fraction of sp³-hybridized carbons (Fsp3) is 0.316. The Hall–Kier alpha value is -2.05. The third kappa shape index (κ3) is 4.32. The predicted molar refractivity (Wildman–Crippen MR) is 106 cm³/mol. The maximum absolute atomic E-state index is 12.4. The molecule has 0 aliphatic carbocycles. The van der Waals surface area contributed by atoms with E-state index < -0.39 is 0 Å². The molecule has 0 unspecified atom stereocenters. The van der Waals surface area contributed by atoms with E-state index in [1.807, 2.05) is 12.3 Å². The summed E-state index contributed by atoms with van der Waals surface area (Å²) in [5.74, 6) is 0.306. The molecule has 0 aliphatic heterocycles. The van der Waals surface area contributed by atoms with Crippen LogP contribution in [-0.4, -0.2) is 15.9 Å². The van der Waals surface area contributed by atoms with Crippen LogP contribution in [0.5, 0.6) is 0 Å². The molecule has 3 aromatic rings. The van der Waals surface area contributed by atoms with Gasteiger partial charge in [0.2, 0.25) is 5.91 Å². The van der Waals surface area contributed by atoms with Gasteiger partial charge in [-0.05, 0) is 19.8 Å². The fourth-order valence-electron chi connectivity index (χ4n) is 2.44. The molecule has 130 valence electrons. The minimum Gasteiger partial charge on any atom is -0.302 e. The fourth-order valence-corrected chi connectivity index (χ4v) is 4.29. The van der Waals surface area contributed by atoms with Gasteiger partial charge in [-0.1, -0.05) is 43.7 Å². The summed E-state index contributed by atoms with van der Waals surface area (Å²) >= 11 is 3.04. The van der Waals surface area contributed by atoms with Crippen molar-refractivity contribution in [2.24, 2.45) is 0 Å². The van der Waals surface area contributed by atoms with Crippen molar-refractivity contribution in [2.75, 3.05) is 5.32 Å². The monoisotopic (exact) mass is 371 g/mol. The zero-order chi connectivity index (χ0) is 18.0. The molecule has 2 heterocycles. The molecule has 0 spiro atoms. The van der Waals surface area contributed by atoms with Gasteiger partial charge in [-0.15, -0.1) is 22.7 Å². The maximum atomic E-state index is 12.4. The molecule has 0 saturated heterocycles. The topological polar surface area (TPSA) is 54.9 Å². The number of rotatable bonds is 5. The SMILES string of the molecule is Cc1ccc(-c2nc(C)sc2CC(=O)Nc2nc(C(C)C)cs2)cc1. The minimum absolute atomic E-state index is 0.0540. The second-order valence-corrected chi connectivity index (χ2v) is 8.47. The van der Waals surface area contributed by atoms with Crippen LogP contribution in [0.25, 0.3) is 11.3 Å². The summed E-state index contributed by atoms with van der Waals surface area (Å²) in [6.45, 7) is 8.21. The number of aromatic nitrogens is 2. The van der Waals surface area contributed by atoms with Crippen LogP contribution in [-0.2, 0) is 11.2 Å². The maximum Gasteiger partial charge on any atom is 0.231 e. The first kappa shape index (κ1) is 17.8. The van der Waals surface area contributed by atoms with E-state index in [0.29, 0.717) is 17.5 Å². The van der Waals surface area contributed by atoms with Gasteiger partial charge in [-0.3, -0.25) is 4.79 Å². The van der Waals surface area contributed by atoms with Crippen molar-refractivity contribution in [1.29, 1.82) is 0 Å². The quantitative estimate of drug-likeness (QED) is 0.671. The Morgan fingerprint density at radius 3 is 2.52 bits per heavy atom. The molecule has 1 amide bonds. The summed E-state index contributed by atoms with van der Waals surface area (Å²) in [5, 5.41) is 6.53. The lowest BCUT2D eigenvalue weighted by atomic mass is 10.1. The first-order valence-corrected chi connectivity index (χ1v) is 9.90. The van der Waals surface area contributed by atoms with Gasteiger partial charge in [0.15, 0.2) is 5.13 Å². The smallest absolute Gasteiger partial charge is 0.231 e. The second kappa shape index (κ2) is 7.45. The number of aryl methyl sites for hydroxylation is 2. The standard InChI is InChI=1S/C19H21N3OS2/c1-11(2)15-10-24-19(21-15)22-17(23)9-16-18(20-13(4)25-16)14-7-5-12(3)6-8-14/h5-8,10-11H,9H2,1-4H3,(H,21,22,23). The Bertz CT molecular complexity index is 878. The van der Waals surface area contributed by atoms with Crippen molar-refractivity contribution in [3.05, 3.63) is 50.8 Å². The molecule has 0 fully saturated rings. The third-order valence-corrected chi connectivity index (χ3v) is 5.56. The molecule has 4 nitrogen and oxygen atoms in total. The van der Waals surface area contributed by atoms with Gasteiger partial charge in [-0.2, -0.15) is 0 Å². The number of nitrogens with zero attached hydrogens (tertiary/aromatic N) is 2. The first-order chi connectivity index (χ1) is 11.9. The van der Waals surface area contributed by atoms with Crippen molar-refractivity contribution in [2.45, 2.75) is 40.0 Å². The van der Waals surface area contributed by atoms with E-state index in [1.54, 1.807) is 11.3 Å². The summed E-state index contributed by atoms with van der Waals surface area (Å²) in [4.78, 5) is 22.5. The van der Waals surface area contributed by atoms with Gasteiger partial charge < -0.3 is 5.32 Å². The van der Waals surface area contributed by atoms with Crippen LogP contribution < -0.4 is 5.32 Å². The van der Waals surface area contributed by atoms with Gasteiger partial charge >= 0.3 is 0 Å². The lowest BCUT2D eigenvalue weighted by molar-refractivity contribution is -0.115. The number of thiazole rings is 2. The van der Waals surface area contributed by atoms with E-state index in [-0.39, 0.29) is 5.91 Å². The van der Waals surface area contributed by atoms with Gasteiger partial charge in [0.1, 0.15) is 0 Å². The molecule has 0 aliphatic rings. The van der Waals surface area contributed by atoms with Gasteiger partial charge in [0.05, 0.1) is 22.8 Å². The largest absolute Gasteiger partial charge is 0.302 e. The summed E-state index contributed by atoms with van der Waals surface area (Å²) in [5.41, 5.74) is 4.17. The van der Waals surface area contributed by atoms with Crippen molar-refractivity contribution in [3.63, 3.8) is 0 Å². The Morgan fingerprint density at radius 2 is 1.88 bits per heavy atom. The molecule has 0 saturated carbocycles. The number of anilines is 1. The van der Waals surface area contributed by atoms with E-state index in [2.05, 4.69) is 60.3 Å².